The van der Waals surface area contributed by atoms with Crippen LogP contribution in [0.15, 0.2) is 4.99 Å². The van der Waals surface area contributed by atoms with Gasteiger partial charge in [-0.2, -0.15) is 0 Å². The molecule has 0 aliphatic heterocycles. The van der Waals surface area contributed by atoms with Gasteiger partial charge >= 0.3 is 6.09 Å². The summed E-state index contributed by atoms with van der Waals surface area (Å²) in [6.45, 7) is 5.56. The first-order chi connectivity index (χ1) is 11.6. The Morgan fingerprint density at radius 1 is 1.20 bits per heavy atom. The van der Waals surface area contributed by atoms with Gasteiger partial charge in [-0.05, 0) is 58.3 Å². The van der Waals surface area contributed by atoms with Gasteiger partial charge in [-0.25, -0.2) is 4.79 Å². The first kappa shape index (κ1) is 22.3. The third-order valence-electron chi connectivity index (χ3n) is 4.60. The lowest BCUT2D eigenvalue weighted by Crippen LogP contribution is -2.46. The van der Waals surface area contributed by atoms with Crippen LogP contribution in [0.1, 0.15) is 52.4 Å². The number of aliphatic hydroxyl groups excluding tert-OH is 1. The summed E-state index contributed by atoms with van der Waals surface area (Å²) < 4.78 is 4.98. The lowest BCUT2D eigenvalue weighted by molar-refractivity contribution is 0.120. The second-order valence-electron chi connectivity index (χ2n) is 6.68. The summed E-state index contributed by atoms with van der Waals surface area (Å²) in [4.78, 5) is 16.3. The molecule has 0 aromatic heterocycles. The van der Waals surface area contributed by atoms with Crippen LogP contribution in [0, 0.1) is 5.92 Å². The molecule has 1 atom stereocenters. The van der Waals surface area contributed by atoms with Gasteiger partial charge in [0.25, 0.3) is 0 Å². The number of nitrogens with zero attached hydrogens (tertiary/aromatic N) is 1. The van der Waals surface area contributed by atoms with E-state index in [9.17, 15) is 9.90 Å². The topological polar surface area (TPSA) is 95.0 Å². The van der Waals surface area contributed by atoms with Gasteiger partial charge in [0.05, 0.1) is 25.3 Å². The van der Waals surface area contributed by atoms with E-state index in [1.807, 2.05) is 6.92 Å². The molecule has 2 saturated carbocycles. The smallest absolute Gasteiger partial charge is 0.407 e. The first-order valence-corrected chi connectivity index (χ1v) is 9.28. The predicted molar refractivity (Wildman–Crippen MR) is 109 cm³/mol. The molecule has 7 nitrogen and oxygen atoms in total. The molecule has 0 bridgehead atoms. The molecule has 0 saturated heterocycles. The average molecular weight is 468 g/mol. The number of rotatable bonds is 7. The summed E-state index contributed by atoms with van der Waals surface area (Å²) in [6.07, 6.45) is 5.35. The Labute approximate surface area is 167 Å². The molecule has 146 valence electrons. The van der Waals surface area contributed by atoms with E-state index >= 15 is 0 Å². The molecule has 25 heavy (non-hydrogen) atoms. The summed E-state index contributed by atoms with van der Waals surface area (Å²) >= 11 is 0. The third-order valence-corrected chi connectivity index (χ3v) is 4.60. The zero-order valence-electron chi connectivity index (χ0n) is 15.3. The molecule has 1 unspecified atom stereocenters. The van der Waals surface area contributed by atoms with Crippen LogP contribution < -0.4 is 16.0 Å². The number of carbonyl (C=O) groups is 1. The zero-order chi connectivity index (χ0) is 17.4. The van der Waals surface area contributed by atoms with Crippen LogP contribution in [0.25, 0.3) is 0 Å². The van der Waals surface area contributed by atoms with Gasteiger partial charge in [0.15, 0.2) is 5.96 Å². The molecule has 2 fully saturated rings. The molecule has 4 N–H and O–H groups in total. The van der Waals surface area contributed by atoms with Crippen molar-refractivity contribution in [2.75, 3.05) is 19.7 Å². The van der Waals surface area contributed by atoms with Crippen molar-refractivity contribution < 1.29 is 14.6 Å². The number of nitrogens with one attached hydrogen (secondary N) is 3. The summed E-state index contributed by atoms with van der Waals surface area (Å²) in [6, 6.07) is 0.385. The maximum atomic E-state index is 11.7. The highest BCUT2D eigenvalue weighted by molar-refractivity contribution is 14.0. The molecule has 0 aromatic rings. The quantitative estimate of drug-likeness (QED) is 0.261. The van der Waals surface area contributed by atoms with Crippen LogP contribution in [0.5, 0.6) is 0 Å². The lowest BCUT2D eigenvalue weighted by atomic mass is 9.93. The third kappa shape index (κ3) is 8.44. The Balaban J connectivity index is 0.00000312. The number of aliphatic imine (C=N–C) groups is 1. The zero-order valence-corrected chi connectivity index (χ0v) is 17.6. The van der Waals surface area contributed by atoms with E-state index in [-0.39, 0.29) is 42.2 Å². The fourth-order valence-electron chi connectivity index (χ4n) is 3.06. The Hall–Kier alpha value is -0.770. The van der Waals surface area contributed by atoms with Crippen molar-refractivity contribution in [3.8, 4) is 0 Å². The molecule has 2 aliphatic rings. The molecule has 1 amide bonds. The Bertz CT molecular complexity index is 424. The summed E-state index contributed by atoms with van der Waals surface area (Å²) in [5, 5.41) is 19.3. The van der Waals surface area contributed by atoms with Gasteiger partial charge in [0.2, 0.25) is 0 Å². The van der Waals surface area contributed by atoms with Crippen LogP contribution in [0.3, 0.4) is 0 Å². The minimum Gasteiger partial charge on any atom is -0.450 e. The van der Waals surface area contributed by atoms with Gasteiger partial charge in [0.1, 0.15) is 0 Å². The molecule has 0 spiro atoms. The number of guanidine groups is 1. The second kappa shape index (κ2) is 11.8. The largest absolute Gasteiger partial charge is 0.450 e. The number of hydrogen-bond acceptors (Lipinski definition) is 4. The average Bonchev–Trinajstić information content (AvgIpc) is 3.38. The van der Waals surface area contributed by atoms with Crippen molar-refractivity contribution >= 4 is 36.0 Å². The summed E-state index contributed by atoms with van der Waals surface area (Å²) in [7, 11) is 0. The lowest BCUT2D eigenvalue weighted by Gasteiger charge is -2.28. The van der Waals surface area contributed by atoms with Crippen molar-refractivity contribution in [1.29, 1.82) is 0 Å². The van der Waals surface area contributed by atoms with Gasteiger partial charge in [0, 0.05) is 12.6 Å². The highest BCUT2D eigenvalue weighted by atomic mass is 127. The number of alkyl carbamates (subject to hydrolysis) is 1. The number of hydrogen-bond donors (Lipinski definition) is 4. The Kier molecular flexibility index (Phi) is 10.5. The molecule has 2 aliphatic carbocycles. The number of carbonyl (C=O) groups excluding carboxylic acids is 1. The van der Waals surface area contributed by atoms with E-state index in [1.54, 1.807) is 6.92 Å². The number of halogens is 1. The van der Waals surface area contributed by atoms with E-state index in [0.717, 1.165) is 51.0 Å². The van der Waals surface area contributed by atoms with E-state index in [2.05, 4.69) is 20.9 Å². The van der Waals surface area contributed by atoms with Gasteiger partial charge in [-0.1, -0.05) is 0 Å². The SMILES string of the molecule is CCNC(=NCC(NC(=O)OCC)C1CC1)NC1CCC(O)CC1.I. The van der Waals surface area contributed by atoms with Crippen molar-refractivity contribution in [3.05, 3.63) is 0 Å². The number of aliphatic hydroxyl groups is 1. The number of ether oxygens (including phenoxy) is 1. The monoisotopic (exact) mass is 468 g/mol. The predicted octanol–water partition coefficient (Wildman–Crippen LogP) is 1.99. The fourth-order valence-corrected chi connectivity index (χ4v) is 3.06. The Morgan fingerprint density at radius 3 is 2.44 bits per heavy atom. The summed E-state index contributed by atoms with van der Waals surface area (Å²) in [5.41, 5.74) is 0. The molecule has 8 heteroatoms. The van der Waals surface area contributed by atoms with Crippen LogP contribution >= 0.6 is 24.0 Å². The van der Waals surface area contributed by atoms with Crippen LogP contribution in [-0.2, 0) is 4.74 Å². The van der Waals surface area contributed by atoms with E-state index in [4.69, 9.17) is 4.74 Å². The first-order valence-electron chi connectivity index (χ1n) is 9.28. The van der Waals surface area contributed by atoms with Gasteiger partial charge < -0.3 is 25.8 Å². The molecule has 0 heterocycles. The van der Waals surface area contributed by atoms with E-state index in [0.29, 0.717) is 25.1 Å². The standard InChI is InChI=1S/C17H32N4O3.HI/c1-3-18-16(20-13-7-9-14(22)10-8-13)19-11-15(12-5-6-12)21-17(23)24-4-2;/h12-15,22H,3-11H2,1-2H3,(H,21,23)(H2,18,19,20);1H. The fraction of sp³-hybridized carbons (Fsp3) is 0.882. The highest BCUT2D eigenvalue weighted by Crippen LogP contribution is 2.32. The Morgan fingerprint density at radius 2 is 1.88 bits per heavy atom. The molecule has 0 radical (unpaired) electrons. The number of amides is 1. The van der Waals surface area contributed by atoms with E-state index in [1.165, 1.54) is 0 Å². The van der Waals surface area contributed by atoms with Crippen molar-refractivity contribution in [2.24, 2.45) is 10.9 Å². The van der Waals surface area contributed by atoms with Crippen LogP contribution in [-0.4, -0.2) is 55.0 Å². The van der Waals surface area contributed by atoms with Crippen molar-refractivity contribution in [3.63, 3.8) is 0 Å². The van der Waals surface area contributed by atoms with Gasteiger partial charge in [-0.3, -0.25) is 4.99 Å². The minimum atomic E-state index is -0.358. The normalized spacial score (nSPS) is 24.7. The molecular formula is C17H33IN4O3. The van der Waals surface area contributed by atoms with Crippen molar-refractivity contribution in [1.82, 2.24) is 16.0 Å². The molecular weight excluding hydrogens is 435 g/mol. The van der Waals surface area contributed by atoms with Crippen LogP contribution in [0.4, 0.5) is 4.79 Å². The van der Waals surface area contributed by atoms with E-state index < -0.39 is 0 Å². The second-order valence-corrected chi connectivity index (χ2v) is 6.68. The summed E-state index contributed by atoms with van der Waals surface area (Å²) in [5.74, 6) is 1.29. The minimum absolute atomic E-state index is 0. The maximum absolute atomic E-state index is 11.7. The van der Waals surface area contributed by atoms with Gasteiger partial charge in [-0.15, -0.1) is 24.0 Å². The highest BCUT2D eigenvalue weighted by Gasteiger charge is 2.32. The molecule has 2 rings (SSSR count). The molecule has 0 aromatic carbocycles. The van der Waals surface area contributed by atoms with Crippen molar-refractivity contribution in [2.45, 2.75) is 70.6 Å². The maximum Gasteiger partial charge on any atom is 0.407 e. The van der Waals surface area contributed by atoms with Crippen LogP contribution in [0.2, 0.25) is 0 Å².